The minimum Gasteiger partial charge on any atom is -0.371 e. The highest BCUT2D eigenvalue weighted by molar-refractivity contribution is 7.13. The van der Waals surface area contributed by atoms with E-state index in [-0.39, 0.29) is 24.0 Å². The predicted molar refractivity (Wildman–Crippen MR) is 102 cm³/mol. The third-order valence-corrected chi connectivity index (χ3v) is 5.17. The van der Waals surface area contributed by atoms with Crippen molar-refractivity contribution in [1.82, 2.24) is 10.3 Å². The lowest BCUT2D eigenvalue weighted by atomic mass is 10.1. The van der Waals surface area contributed by atoms with Gasteiger partial charge in [0.1, 0.15) is 16.0 Å². The number of benzene rings is 1. The summed E-state index contributed by atoms with van der Waals surface area (Å²) in [7, 11) is 0. The van der Waals surface area contributed by atoms with E-state index in [1.165, 1.54) is 17.5 Å². The molecule has 1 aromatic carbocycles. The fourth-order valence-electron chi connectivity index (χ4n) is 2.66. The maximum absolute atomic E-state index is 12.6. The van der Waals surface area contributed by atoms with Crippen molar-refractivity contribution in [2.45, 2.75) is 38.8 Å². The minimum absolute atomic E-state index is 0.0165. The van der Waals surface area contributed by atoms with Crippen LogP contribution in [0.2, 0.25) is 5.02 Å². The lowest BCUT2D eigenvalue weighted by Crippen LogP contribution is -2.31. The van der Waals surface area contributed by atoms with E-state index in [0.29, 0.717) is 21.2 Å². The molecule has 8 heteroatoms. The van der Waals surface area contributed by atoms with E-state index in [4.69, 9.17) is 16.3 Å². The molecule has 1 fully saturated rings. The van der Waals surface area contributed by atoms with E-state index in [9.17, 15) is 9.59 Å². The van der Waals surface area contributed by atoms with Gasteiger partial charge in [-0.05, 0) is 44.9 Å². The van der Waals surface area contributed by atoms with Crippen molar-refractivity contribution in [2.75, 3.05) is 11.9 Å². The maximum Gasteiger partial charge on any atom is 0.267 e. The van der Waals surface area contributed by atoms with Crippen LogP contribution in [0.25, 0.3) is 0 Å². The molecule has 1 saturated heterocycles. The molecule has 0 radical (unpaired) electrons. The van der Waals surface area contributed by atoms with Crippen LogP contribution in [0.5, 0.6) is 0 Å². The first-order valence-corrected chi connectivity index (χ1v) is 9.62. The van der Waals surface area contributed by atoms with E-state index < -0.39 is 0 Å². The first-order valence-electron chi connectivity index (χ1n) is 8.43. The van der Waals surface area contributed by atoms with Gasteiger partial charge in [0.2, 0.25) is 0 Å². The van der Waals surface area contributed by atoms with E-state index in [2.05, 4.69) is 15.6 Å². The average molecular weight is 394 g/mol. The Balaban J connectivity index is 1.78. The molecule has 1 atom stereocenters. The minimum atomic E-state index is -0.326. The van der Waals surface area contributed by atoms with Crippen LogP contribution in [-0.2, 0) is 4.74 Å². The Bertz CT molecular complexity index is 816. The molecule has 2 N–H and O–H groups in total. The first-order chi connectivity index (χ1) is 12.4. The summed E-state index contributed by atoms with van der Waals surface area (Å²) in [6.45, 7) is 4.47. The summed E-state index contributed by atoms with van der Waals surface area (Å²) < 4.78 is 5.60. The number of carbonyl (C=O) groups excluding carboxylic acids is 2. The molecule has 6 nitrogen and oxygen atoms in total. The molecule has 0 saturated carbocycles. The summed E-state index contributed by atoms with van der Waals surface area (Å²) in [5.41, 5.74) is 0.730. The Morgan fingerprint density at radius 3 is 2.85 bits per heavy atom. The maximum atomic E-state index is 12.6. The van der Waals surface area contributed by atoms with Crippen LogP contribution in [-0.4, -0.2) is 29.4 Å². The number of aromatic nitrogens is 1. The van der Waals surface area contributed by atoms with Gasteiger partial charge in [0.15, 0.2) is 0 Å². The highest BCUT2D eigenvalue weighted by Gasteiger charge is 2.23. The van der Waals surface area contributed by atoms with Crippen LogP contribution in [0.3, 0.4) is 0 Å². The van der Waals surface area contributed by atoms with E-state index in [1.807, 2.05) is 13.8 Å². The smallest absolute Gasteiger partial charge is 0.267 e. The van der Waals surface area contributed by atoms with Gasteiger partial charge in [0.25, 0.3) is 11.8 Å². The Morgan fingerprint density at radius 1 is 1.35 bits per heavy atom. The Kier molecular flexibility index (Phi) is 5.90. The molecular weight excluding hydrogens is 374 g/mol. The van der Waals surface area contributed by atoms with E-state index in [0.717, 1.165) is 24.5 Å². The summed E-state index contributed by atoms with van der Waals surface area (Å²) in [4.78, 5) is 29.7. The number of halogens is 1. The van der Waals surface area contributed by atoms with Crippen molar-refractivity contribution in [2.24, 2.45) is 0 Å². The Hall–Kier alpha value is -1.96. The zero-order valence-electron chi connectivity index (χ0n) is 14.5. The van der Waals surface area contributed by atoms with Crippen molar-refractivity contribution in [3.8, 4) is 0 Å². The average Bonchev–Trinajstić information content (AvgIpc) is 3.25. The van der Waals surface area contributed by atoms with Crippen LogP contribution in [0.15, 0.2) is 24.4 Å². The number of hydrogen-bond donors (Lipinski definition) is 2. The zero-order chi connectivity index (χ0) is 18.7. The Morgan fingerprint density at radius 2 is 2.15 bits per heavy atom. The summed E-state index contributed by atoms with van der Waals surface area (Å²) in [6.07, 6.45) is 3.43. The van der Waals surface area contributed by atoms with Crippen molar-refractivity contribution in [3.63, 3.8) is 0 Å². The van der Waals surface area contributed by atoms with Crippen molar-refractivity contribution in [1.29, 1.82) is 0 Å². The van der Waals surface area contributed by atoms with Crippen molar-refractivity contribution in [3.05, 3.63) is 44.9 Å². The Labute approximate surface area is 160 Å². The molecule has 26 heavy (non-hydrogen) atoms. The molecular formula is C18H20ClN3O3S. The molecule has 1 aliphatic rings. The largest absolute Gasteiger partial charge is 0.371 e. The van der Waals surface area contributed by atoms with Crippen LogP contribution in [0.1, 0.15) is 57.8 Å². The number of nitrogens with zero attached hydrogens (tertiary/aromatic N) is 1. The standard InChI is InChI=1S/C18H20ClN3O3S/c1-10(2)21-16(23)12-6-5-11(19)8-13(12)22-17(24)15-9-20-18(26-15)14-4-3-7-25-14/h5-6,8-10,14H,3-4,7H2,1-2H3,(H,21,23)(H,22,24). The number of anilines is 1. The molecule has 2 heterocycles. The van der Waals surface area contributed by atoms with Crippen LogP contribution < -0.4 is 10.6 Å². The summed E-state index contributed by atoms with van der Waals surface area (Å²) >= 11 is 7.34. The second-order valence-corrected chi connectivity index (χ2v) is 7.84. The van der Waals surface area contributed by atoms with Gasteiger partial charge in [0.05, 0.1) is 17.4 Å². The summed E-state index contributed by atoms with van der Waals surface area (Å²) in [5, 5.41) is 6.82. The monoisotopic (exact) mass is 393 g/mol. The number of ether oxygens (including phenoxy) is 1. The number of nitrogens with one attached hydrogen (secondary N) is 2. The third-order valence-electron chi connectivity index (χ3n) is 3.85. The van der Waals surface area contributed by atoms with Gasteiger partial charge in [-0.15, -0.1) is 11.3 Å². The van der Waals surface area contributed by atoms with Crippen LogP contribution in [0, 0.1) is 0 Å². The highest BCUT2D eigenvalue weighted by atomic mass is 35.5. The lowest BCUT2D eigenvalue weighted by Gasteiger charge is -2.13. The van der Waals surface area contributed by atoms with Gasteiger partial charge in [-0.1, -0.05) is 11.6 Å². The van der Waals surface area contributed by atoms with Crippen molar-refractivity contribution < 1.29 is 14.3 Å². The summed E-state index contributed by atoms with van der Waals surface area (Å²) in [5.74, 6) is -0.594. The van der Waals surface area contributed by atoms with Gasteiger partial charge in [-0.2, -0.15) is 0 Å². The second-order valence-electron chi connectivity index (χ2n) is 6.34. The number of rotatable bonds is 5. The van der Waals surface area contributed by atoms with Gasteiger partial charge >= 0.3 is 0 Å². The topological polar surface area (TPSA) is 80.3 Å². The van der Waals surface area contributed by atoms with Gasteiger partial charge in [0, 0.05) is 17.7 Å². The molecule has 1 aromatic heterocycles. The summed E-state index contributed by atoms with van der Waals surface area (Å²) in [6, 6.07) is 4.77. The fourth-order valence-corrected chi connectivity index (χ4v) is 3.72. The zero-order valence-corrected chi connectivity index (χ0v) is 16.1. The molecule has 0 aliphatic carbocycles. The molecule has 2 aromatic rings. The predicted octanol–water partition coefficient (Wildman–Crippen LogP) is 4.04. The molecule has 2 amide bonds. The first kappa shape index (κ1) is 18.8. The number of thiazole rings is 1. The molecule has 1 unspecified atom stereocenters. The van der Waals surface area contributed by atoms with Crippen LogP contribution >= 0.6 is 22.9 Å². The quantitative estimate of drug-likeness (QED) is 0.803. The second kappa shape index (κ2) is 8.16. The number of amides is 2. The van der Waals surface area contributed by atoms with Crippen molar-refractivity contribution >= 4 is 40.4 Å². The number of hydrogen-bond acceptors (Lipinski definition) is 5. The third kappa shape index (κ3) is 4.41. The lowest BCUT2D eigenvalue weighted by molar-refractivity contribution is 0.0944. The molecule has 3 rings (SSSR count). The fraction of sp³-hybridized carbons (Fsp3) is 0.389. The van der Waals surface area contributed by atoms with Gasteiger partial charge in [-0.25, -0.2) is 4.98 Å². The normalized spacial score (nSPS) is 16.7. The SMILES string of the molecule is CC(C)NC(=O)c1ccc(Cl)cc1NC(=O)c1cnc(C2CCCO2)s1. The molecule has 138 valence electrons. The molecule has 0 bridgehead atoms. The van der Waals surface area contributed by atoms with Crippen LogP contribution in [0.4, 0.5) is 5.69 Å². The molecule has 1 aliphatic heterocycles. The number of carbonyl (C=O) groups is 2. The van der Waals surface area contributed by atoms with E-state index >= 15 is 0 Å². The van der Waals surface area contributed by atoms with E-state index in [1.54, 1.807) is 18.2 Å². The molecule has 0 spiro atoms. The van der Waals surface area contributed by atoms with Gasteiger partial charge < -0.3 is 15.4 Å². The highest BCUT2D eigenvalue weighted by Crippen LogP contribution is 2.31. The van der Waals surface area contributed by atoms with Gasteiger partial charge in [-0.3, -0.25) is 9.59 Å².